The van der Waals surface area contributed by atoms with Gasteiger partial charge in [-0.25, -0.2) is 0 Å². The van der Waals surface area contributed by atoms with E-state index in [1.807, 2.05) is 0 Å². The van der Waals surface area contributed by atoms with E-state index in [0.717, 1.165) is 0 Å². The number of terminal acetylenes is 1. The van der Waals surface area contributed by atoms with E-state index in [-0.39, 0.29) is 13.2 Å². The Morgan fingerprint density at radius 3 is 2.86 bits per heavy atom. The lowest BCUT2D eigenvalue weighted by atomic mass is 10.2. The molecule has 1 aromatic rings. The van der Waals surface area contributed by atoms with E-state index in [1.165, 1.54) is 0 Å². The monoisotopic (exact) mass is 192 g/mol. The highest BCUT2D eigenvalue weighted by atomic mass is 16.5. The number of aliphatic hydroxyl groups is 1. The molecule has 0 saturated heterocycles. The minimum atomic E-state index is -0.0795. The first-order chi connectivity index (χ1) is 6.81. The van der Waals surface area contributed by atoms with Gasteiger partial charge in [0.15, 0.2) is 0 Å². The molecule has 0 unspecified atom stereocenters. The molecule has 1 N–H and O–H groups in total. The normalized spacial score (nSPS) is 9.21. The van der Waals surface area contributed by atoms with E-state index in [1.54, 1.807) is 25.3 Å². The number of ether oxygens (including phenoxy) is 2. The standard InChI is InChI=1S/C11H12O3/c1-3-6-14-11-7-10(13-2)5-4-9(11)8-12/h1,4-5,7,12H,6,8H2,2H3. The van der Waals surface area contributed by atoms with Crippen molar-refractivity contribution in [2.24, 2.45) is 0 Å². The van der Waals surface area contributed by atoms with Gasteiger partial charge in [0, 0.05) is 11.6 Å². The van der Waals surface area contributed by atoms with Gasteiger partial charge in [-0.05, 0) is 12.1 Å². The second-order valence-corrected chi connectivity index (χ2v) is 2.62. The van der Waals surface area contributed by atoms with E-state index in [0.29, 0.717) is 17.1 Å². The van der Waals surface area contributed by atoms with Crippen LogP contribution in [0.15, 0.2) is 18.2 Å². The van der Waals surface area contributed by atoms with Crippen LogP contribution in [0, 0.1) is 12.3 Å². The molecule has 0 atom stereocenters. The number of hydrogen-bond donors (Lipinski definition) is 1. The molecule has 0 spiro atoms. The summed E-state index contributed by atoms with van der Waals surface area (Å²) in [7, 11) is 1.57. The summed E-state index contributed by atoms with van der Waals surface area (Å²) >= 11 is 0. The van der Waals surface area contributed by atoms with Gasteiger partial charge < -0.3 is 14.6 Å². The Bertz CT molecular complexity index is 339. The summed E-state index contributed by atoms with van der Waals surface area (Å²) < 4.78 is 10.3. The lowest BCUT2D eigenvalue weighted by Crippen LogP contribution is -1.98. The van der Waals surface area contributed by atoms with Crippen molar-refractivity contribution in [3.8, 4) is 23.8 Å². The van der Waals surface area contributed by atoms with Crippen LogP contribution in [0.1, 0.15) is 5.56 Å². The molecular formula is C11H12O3. The van der Waals surface area contributed by atoms with E-state index < -0.39 is 0 Å². The van der Waals surface area contributed by atoms with Crippen molar-refractivity contribution >= 4 is 0 Å². The fourth-order valence-corrected chi connectivity index (χ4v) is 1.05. The van der Waals surface area contributed by atoms with E-state index in [2.05, 4.69) is 5.92 Å². The molecule has 0 bridgehead atoms. The average Bonchev–Trinajstić information content (AvgIpc) is 2.25. The highest BCUT2D eigenvalue weighted by Crippen LogP contribution is 2.24. The van der Waals surface area contributed by atoms with Gasteiger partial charge in [0.2, 0.25) is 0 Å². The number of benzene rings is 1. The van der Waals surface area contributed by atoms with Crippen molar-refractivity contribution in [2.45, 2.75) is 6.61 Å². The van der Waals surface area contributed by atoms with Gasteiger partial charge in [0.1, 0.15) is 18.1 Å². The first-order valence-electron chi connectivity index (χ1n) is 4.16. The Labute approximate surface area is 83.3 Å². The molecule has 0 radical (unpaired) electrons. The van der Waals surface area contributed by atoms with Gasteiger partial charge in [-0.3, -0.25) is 0 Å². The Morgan fingerprint density at radius 1 is 1.50 bits per heavy atom. The minimum absolute atomic E-state index is 0.0795. The Balaban J connectivity index is 2.91. The van der Waals surface area contributed by atoms with Crippen LogP contribution in [0.3, 0.4) is 0 Å². The highest BCUT2D eigenvalue weighted by molar-refractivity contribution is 5.40. The van der Waals surface area contributed by atoms with Gasteiger partial charge >= 0.3 is 0 Å². The molecule has 3 nitrogen and oxygen atoms in total. The fourth-order valence-electron chi connectivity index (χ4n) is 1.05. The zero-order valence-electron chi connectivity index (χ0n) is 7.99. The quantitative estimate of drug-likeness (QED) is 0.728. The molecule has 0 aliphatic rings. The highest BCUT2D eigenvalue weighted by Gasteiger charge is 2.03. The molecular weight excluding hydrogens is 180 g/mol. The lowest BCUT2D eigenvalue weighted by Gasteiger charge is -2.09. The Kier molecular flexibility index (Phi) is 3.84. The van der Waals surface area contributed by atoms with E-state index in [9.17, 15) is 0 Å². The van der Waals surface area contributed by atoms with Crippen LogP contribution in [0.25, 0.3) is 0 Å². The van der Waals surface area contributed by atoms with Crippen LogP contribution in [0.4, 0.5) is 0 Å². The molecule has 14 heavy (non-hydrogen) atoms. The maximum atomic E-state index is 9.01. The van der Waals surface area contributed by atoms with Crippen molar-refractivity contribution < 1.29 is 14.6 Å². The smallest absolute Gasteiger partial charge is 0.148 e. The van der Waals surface area contributed by atoms with Crippen molar-refractivity contribution in [3.05, 3.63) is 23.8 Å². The zero-order chi connectivity index (χ0) is 10.4. The molecule has 1 rings (SSSR count). The van der Waals surface area contributed by atoms with Gasteiger partial charge in [-0.2, -0.15) is 0 Å². The first kappa shape index (κ1) is 10.4. The molecule has 0 amide bonds. The predicted octanol–water partition coefficient (Wildman–Crippen LogP) is 1.20. The first-order valence-corrected chi connectivity index (χ1v) is 4.16. The number of hydrogen-bond acceptors (Lipinski definition) is 3. The summed E-state index contributed by atoms with van der Waals surface area (Å²) in [4.78, 5) is 0. The van der Waals surface area contributed by atoms with Crippen molar-refractivity contribution in [2.75, 3.05) is 13.7 Å². The molecule has 0 aliphatic heterocycles. The molecule has 0 aliphatic carbocycles. The molecule has 3 heteroatoms. The molecule has 0 fully saturated rings. The lowest BCUT2D eigenvalue weighted by molar-refractivity contribution is 0.270. The van der Waals surface area contributed by atoms with Crippen LogP contribution in [0.2, 0.25) is 0 Å². The average molecular weight is 192 g/mol. The zero-order valence-corrected chi connectivity index (χ0v) is 7.99. The summed E-state index contributed by atoms with van der Waals surface area (Å²) in [5, 5.41) is 9.01. The van der Waals surface area contributed by atoms with Gasteiger partial charge in [-0.15, -0.1) is 6.42 Å². The second-order valence-electron chi connectivity index (χ2n) is 2.62. The molecule has 1 aromatic carbocycles. The van der Waals surface area contributed by atoms with Crippen LogP contribution in [0.5, 0.6) is 11.5 Å². The van der Waals surface area contributed by atoms with Crippen LogP contribution in [-0.2, 0) is 6.61 Å². The molecule has 0 heterocycles. The molecule has 0 aromatic heterocycles. The number of aliphatic hydroxyl groups excluding tert-OH is 1. The SMILES string of the molecule is C#CCOc1cc(OC)ccc1CO. The molecule has 0 saturated carbocycles. The third kappa shape index (κ3) is 2.41. The largest absolute Gasteiger partial charge is 0.497 e. The van der Waals surface area contributed by atoms with Gasteiger partial charge in [0.05, 0.1) is 13.7 Å². The Hall–Kier alpha value is -1.66. The second kappa shape index (κ2) is 5.15. The minimum Gasteiger partial charge on any atom is -0.497 e. The van der Waals surface area contributed by atoms with E-state index in [4.69, 9.17) is 21.0 Å². The number of rotatable bonds is 4. The maximum Gasteiger partial charge on any atom is 0.148 e. The maximum absolute atomic E-state index is 9.01. The topological polar surface area (TPSA) is 38.7 Å². The van der Waals surface area contributed by atoms with Crippen molar-refractivity contribution in [1.82, 2.24) is 0 Å². The van der Waals surface area contributed by atoms with Crippen LogP contribution >= 0.6 is 0 Å². The summed E-state index contributed by atoms with van der Waals surface area (Å²) in [6.45, 7) is 0.101. The van der Waals surface area contributed by atoms with Crippen molar-refractivity contribution in [1.29, 1.82) is 0 Å². The summed E-state index contributed by atoms with van der Waals surface area (Å²) in [5.74, 6) is 3.60. The third-order valence-electron chi connectivity index (χ3n) is 1.76. The predicted molar refractivity (Wildman–Crippen MR) is 53.2 cm³/mol. The summed E-state index contributed by atoms with van der Waals surface area (Å²) in [6, 6.07) is 5.20. The summed E-state index contributed by atoms with van der Waals surface area (Å²) in [5.41, 5.74) is 0.695. The van der Waals surface area contributed by atoms with Gasteiger partial charge in [0.25, 0.3) is 0 Å². The van der Waals surface area contributed by atoms with E-state index >= 15 is 0 Å². The van der Waals surface area contributed by atoms with Crippen LogP contribution < -0.4 is 9.47 Å². The fraction of sp³-hybridized carbons (Fsp3) is 0.273. The van der Waals surface area contributed by atoms with Crippen LogP contribution in [-0.4, -0.2) is 18.8 Å². The Morgan fingerprint density at radius 2 is 2.29 bits per heavy atom. The van der Waals surface area contributed by atoms with Gasteiger partial charge in [-0.1, -0.05) is 5.92 Å². The summed E-state index contributed by atoms with van der Waals surface area (Å²) in [6.07, 6.45) is 5.07. The molecule has 74 valence electrons. The number of methoxy groups -OCH3 is 1. The third-order valence-corrected chi connectivity index (χ3v) is 1.76. The van der Waals surface area contributed by atoms with Crippen molar-refractivity contribution in [3.63, 3.8) is 0 Å².